The van der Waals surface area contributed by atoms with Crippen LogP contribution in [0.1, 0.15) is 52.8 Å². The molecule has 0 bridgehead atoms. The number of nitrogens with one attached hydrogen (secondary N) is 2. The van der Waals surface area contributed by atoms with E-state index in [2.05, 4.69) is 15.5 Å². The molecule has 1 unspecified atom stereocenters. The molecule has 8 heteroatoms. The van der Waals surface area contributed by atoms with Crippen LogP contribution in [0.3, 0.4) is 0 Å². The highest BCUT2D eigenvalue weighted by Crippen LogP contribution is 2.43. The smallest absolute Gasteiger partial charge is 0.264 e. The molecule has 3 saturated heterocycles. The van der Waals surface area contributed by atoms with Crippen LogP contribution in [0.15, 0.2) is 18.2 Å². The van der Waals surface area contributed by atoms with Gasteiger partial charge < -0.3 is 10.2 Å². The molecule has 0 aliphatic carbocycles. The first-order valence-electron chi connectivity index (χ1n) is 10.3. The number of anilines is 1. The summed E-state index contributed by atoms with van der Waals surface area (Å²) < 4.78 is 0. The van der Waals surface area contributed by atoms with E-state index in [1.165, 1.54) is 0 Å². The fourth-order valence-corrected chi connectivity index (χ4v) is 5.27. The third-order valence-corrected chi connectivity index (χ3v) is 6.89. The Morgan fingerprint density at radius 1 is 1.00 bits per heavy atom. The van der Waals surface area contributed by atoms with Crippen LogP contribution in [0.25, 0.3) is 0 Å². The van der Waals surface area contributed by atoms with Crippen molar-refractivity contribution in [2.75, 3.05) is 31.1 Å². The molecule has 1 aromatic carbocycles. The van der Waals surface area contributed by atoms with Crippen LogP contribution in [-0.4, -0.2) is 60.7 Å². The third-order valence-electron chi connectivity index (χ3n) is 6.89. The lowest BCUT2D eigenvalue weighted by Crippen LogP contribution is -2.54. The van der Waals surface area contributed by atoms with Crippen molar-refractivity contribution in [3.8, 4) is 0 Å². The Bertz CT molecular complexity index is 921. The Morgan fingerprint density at radius 2 is 1.79 bits per heavy atom. The molecule has 4 aliphatic heterocycles. The average Bonchev–Trinajstić information content (AvgIpc) is 3.23. The molecule has 8 nitrogen and oxygen atoms in total. The fourth-order valence-electron chi connectivity index (χ4n) is 5.27. The van der Waals surface area contributed by atoms with Crippen molar-refractivity contribution in [3.05, 3.63) is 29.3 Å². The van der Waals surface area contributed by atoms with Crippen molar-refractivity contribution < 1.29 is 19.2 Å². The summed E-state index contributed by atoms with van der Waals surface area (Å²) in [5.41, 5.74) is 1.80. The fraction of sp³-hybridized carbons (Fsp3) is 0.524. The molecule has 4 amide bonds. The van der Waals surface area contributed by atoms with E-state index in [1.807, 2.05) is 6.07 Å². The second-order valence-electron chi connectivity index (χ2n) is 8.57. The van der Waals surface area contributed by atoms with Gasteiger partial charge in [0, 0.05) is 19.5 Å². The normalized spacial score (nSPS) is 26.3. The lowest BCUT2D eigenvalue weighted by Gasteiger charge is -2.34. The minimum absolute atomic E-state index is 0.124. The minimum Gasteiger partial charge on any atom is -0.370 e. The summed E-state index contributed by atoms with van der Waals surface area (Å²) in [7, 11) is 0. The lowest BCUT2D eigenvalue weighted by molar-refractivity contribution is -0.136. The summed E-state index contributed by atoms with van der Waals surface area (Å²) in [5, 5.41) is 5.65. The number of piperidine rings is 2. The Hall–Kier alpha value is -2.74. The van der Waals surface area contributed by atoms with Crippen LogP contribution in [0.2, 0.25) is 0 Å². The van der Waals surface area contributed by atoms with Crippen LogP contribution in [0.5, 0.6) is 0 Å². The van der Waals surface area contributed by atoms with Crippen molar-refractivity contribution in [1.29, 1.82) is 0 Å². The monoisotopic (exact) mass is 396 g/mol. The van der Waals surface area contributed by atoms with E-state index in [4.69, 9.17) is 0 Å². The molecule has 5 rings (SSSR count). The maximum Gasteiger partial charge on any atom is 0.264 e. The summed E-state index contributed by atoms with van der Waals surface area (Å²) in [5.74, 6) is -1.82. The van der Waals surface area contributed by atoms with Crippen molar-refractivity contribution >= 4 is 29.3 Å². The van der Waals surface area contributed by atoms with Gasteiger partial charge in [-0.1, -0.05) is 6.07 Å². The van der Waals surface area contributed by atoms with Crippen molar-refractivity contribution in [3.63, 3.8) is 0 Å². The highest BCUT2D eigenvalue weighted by Gasteiger charge is 2.47. The molecule has 0 radical (unpaired) electrons. The lowest BCUT2D eigenvalue weighted by atomic mass is 9.78. The van der Waals surface area contributed by atoms with E-state index < -0.39 is 23.8 Å². The number of hydrogen-bond acceptors (Lipinski definition) is 6. The van der Waals surface area contributed by atoms with Crippen LogP contribution < -0.4 is 15.5 Å². The van der Waals surface area contributed by atoms with E-state index in [0.717, 1.165) is 56.0 Å². The molecule has 1 atom stereocenters. The van der Waals surface area contributed by atoms with Crippen molar-refractivity contribution in [2.24, 2.45) is 5.41 Å². The van der Waals surface area contributed by atoms with Crippen LogP contribution >= 0.6 is 0 Å². The van der Waals surface area contributed by atoms with E-state index in [1.54, 1.807) is 12.1 Å². The van der Waals surface area contributed by atoms with Gasteiger partial charge in [0.25, 0.3) is 11.8 Å². The van der Waals surface area contributed by atoms with Gasteiger partial charge in [-0.05, 0) is 56.3 Å². The maximum atomic E-state index is 13.3. The highest BCUT2D eigenvalue weighted by atomic mass is 16.2. The predicted octanol–water partition coefficient (Wildman–Crippen LogP) is 0.668. The number of amides is 4. The van der Waals surface area contributed by atoms with E-state index >= 15 is 0 Å². The van der Waals surface area contributed by atoms with Gasteiger partial charge in [0.2, 0.25) is 11.8 Å². The Morgan fingerprint density at radius 3 is 2.55 bits per heavy atom. The van der Waals surface area contributed by atoms with Gasteiger partial charge in [0.1, 0.15) is 6.04 Å². The number of nitrogens with zero attached hydrogens (tertiary/aromatic N) is 2. The van der Waals surface area contributed by atoms with Crippen LogP contribution in [0, 0.1) is 5.41 Å². The molecule has 4 aliphatic rings. The Labute approximate surface area is 168 Å². The topological polar surface area (TPSA) is 98.8 Å². The Balaban J connectivity index is 1.45. The standard InChI is InChI=1S/C21H24N4O4/c26-16-5-4-15(18(27)23-16)25-19(28)13-2-1-3-14(17(13)20(25)29)24-11-8-21(12-24)6-9-22-10-7-21/h1-3,15,22H,4-12H2,(H,23,26,27). The molecular formula is C21H24N4O4. The molecule has 3 fully saturated rings. The maximum absolute atomic E-state index is 13.3. The van der Waals surface area contributed by atoms with E-state index in [-0.39, 0.29) is 24.2 Å². The predicted molar refractivity (Wildman–Crippen MR) is 104 cm³/mol. The van der Waals surface area contributed by atoms with E-state index in [9.17, 15) is 19.2 Å². The molecule has 0 aromatic heterocycles. The molecule has 2 N–H and O–H groups in total. The largest absolute Gasteiger partial charge is 0.370 e. The first-order chi connectivity index (χ1) is 14.0. The van der Waals surface area contributed by atoms with Crippen LogP contribution in [-0.2, 0) is 9.59 Å². The zero-order valence-electron chi connectivity index (χ0n) is 16.2. The van der Waals surface area contributed by atoms with Gasteiger partial charge in [0.15, 0.2) is 0 Å². The molecule has 29 heavy (non-hydrogen) atoms. The third kappa shape index (κ3) is 2.85. The number of carbonyl (C=O) groups excluding carboxylic acids is 4. The second-order valence-corrected chi connectivity index (χ2v) is 8.57. The van der Waals surface area contributed by atoms with Gasteiger partial charge in [-0.25, -0.2) is 0 Å². The molecule has 1 aromatic rings. The van der Waals surface area contributed by atoms with Gasteiger partial charge in [-0.3, -0.25) is 29.4 Å². The molecule has 1 spiro atoms. The molecule has 0 saturated carbocycles. The number of rotatable bonds is 2. The number of fused-ring (bicyclic) bond motifs is 1. The second kappa shape index (κ2) is 6.66. The number of hydrogen-bond donors (Lipinski definition) is 2. The summed E-state index contributed by atoms with van der Waals surface area (Å²) >= 11 is 0. The summed E-state index contributed by atoms with van der Waals surface area (Å²) in [6.45, 7) is 3.77. The summed E-state index contributed by atoms with van der Waals surface area (Å²) in [4.78, 5) is 53.3. The van der Waals surface area contributed by atoms with Crippen molar-refractivity contribution in [2.45, 2.75) is 38.1 Å². The highest BCUT2D eigenvalue weighted by molar-refractivity contribution is 6.25. The first kappa shape index (κ1) is 18.3. The zero-order chi connectivity index (χ0) is 20.2. The molecule has 4 heterocycles. The van der Waals surface area contributed by atoms with Gasteiger partial charge in [-0.2, -0.15) is 0 Å². The van der Waals surface area contributed by atoms with E-state index in [0.29, 0.717) is 11.1 Å². The Kier molecular flexibility index (Phi) is 4.20. The summed E-state index contributed by atoms with van der Waals surface area (Å²) in [6, 6.07) is 4.43. The number of carbonyl (C=O) groups is 4. The number of benzene rings is 1. The van der Waals surface area contributed by atoms with Crippen LogP contribution in [0.4, 0.5) is 5.69 Å². The van der Waals surface area contributed by atoms with Crippen molar-refractivity contribution in [1.82, 2.24) is 15.5 Å². The zero-order valence-corrected chi connectivity index (χ0v) is 16.2. The quantitative estimate of drug-likeness (QED) is 0.713. The van der Waals surface area contributed by atoms with Gasteiger partial charge >= 0.3 is 0 Å². The SMILES string of the molecule is O=C1CCC(N2C(=O)c3cccc(N4CCC5(CCNCC5)C4)c3C2=O)C(=O)N1. The first-order valence-corrected chi connectivity index (χ1v) is 10.3. The molecular weight excluding hydrogens is 372 g/mol. The minimum atomic E-state index is -0.928. The average molecular weight is 396 g/mol. The number of imide groups is 2. The van der Waals surface area contributed by atoms with Gasteiger partial charge in [0.05, 0.1) is 16.8 Å². The summed E-state index contributed by atoms with van der Waals surface area (Å²) in [6.07, 6.45) is 3.61. The molecule has 152 valence electrons. The van der Waals surface area contributed by atoms with Gasteiger partial charge in [-0.15, -0.1) is 0 Å².